The van der Waals surface area contributed by atoms with Crippen LogP contribution in [0, 0.1) is 17.6 Å². The summed E-state index contributed by atoms with van der Waals surface area (Å²) in [6.07, 6.45) is 5.06. The Hall–Kier alpha value is -4.01. The van der Waals surface area contributed by atoms with E-state index in [9.17, 15) is 13.6 Å². The monoisotopic (exact) mass is 477 g/mol. The molecule has 1 saturated heterocycles. The minimum absolute atomic E-state index is 0.0738. The Morgan fingerprint density at radius 3 is 2.80 bits per heavy atom. The maximum Gasteiger partial charge on any atom is 0.225 e. The Balaban J connectivity index is 1.33. The number of rotatable bonds is 6. The topological polar surface area (TPSA) is 71.8 Å². The molecule has 4 aromatic rings. The lowest BCUT2D eigenvalue weighted by Crippen LogP contribution is -2.43. The summed E-state index contributed by atoms with van der Waals surface area (Å²) in [4.78, 5) is 19.6. The molecular formula is C26H25F2N5O2. The van der Waals surface area contributed by atoms with Gasteiger partial charge in [-0.3, -0.25) is 4.79 Å². The SMILES string of the molecule is COc1cccc(-c2cc3c(N4CCCC(C(=O)NCc5cc(F)cc(F)c5)C4)nccn3n2)c1. The molecule has 180 valence electrons. The molecule has 1 aliphatic rings. The molecule has 0 spiro atoms. The van der Waals surface area contributed by atoms with E-state index in [1.807, 2.05) is 30.3 Å². The average Bonchev–Trinajstić information content (AvgIpc) is 3.31. The number of benzene rings is 2. The van der Waals surface area contributed by atoms with E-state index in [0.717, 1.165) is 53.8 Å². The molecule has 1 unspecified atom stereocenters. The molecule has 0 saturated carbocycles. The molecule has 3 heterocycles. The van der Waals surface area contributed by atoms with Gasteiger partial charge in [0.1, 0.15) is 22.9 Å². The number of fused-ring (bicyclic) bond motifs is 1. The van der Waals surface area contributed by atoms with Gasteiger partial charge in [-0.15, -0.1) is 0 Å². The second-order valence-corrected chi connectivity index (χ2v) is 8.62. The molecule has 9 heteroatoms. The number of nitrogens with one attached hydrogen (secondary N) is 1. The van der Waals surface area contributed by atoms with Gasteiger partial charge < -0.3 is 15.0 Å². The van der Waals surface area contributed by atoms with Crippen molar-refractivity contribution in [2.24, 2.45) is 5.92 Å². The van der Waals surface area contributed by atoms with Gasteiger partial charge in [0.2, 0.25) is 5.91 Å². The molecule has 2 aromatic heterocycles. The minimum Gasteiger partial charge on any atom is -0.497 e. The third kappa shape index (κ3) is 4.94. The molecule has 35 heavy (non-hydrogen) atoms. The van der Waals surface area contributed by atoms with Gasteiger partial charge in [-0.2, -0.15) is 5.10 Å². The van der Waals surface area contributed by atoms with E-state index in [1.165, 1.54) is 12.1 Å². The van der Waals surface area contributed by atoms with Crippen LogP contribution in [0.1, 0.15) is 18.4 Å². The van der Waals surface area contributed by atoms with Gasteiger partial charge in [0.15, 0.2) is 5.82 Å². The van der Waals surface area contributed by atoms with E-state index >= 15 is 0 Å². The number of methoxy groups -OCH3 is 1. The van der Waals surface area contributed by atoms with Gasteiger partial charge in [-0.05, 0) is 48.7 Å². The second-order valence-electron chi connectivity index (χ2n) is 8.62. The zero-order valence-electron chi connectivity index (χ0n) is 19.2. The zero-order valence-corrected chi connectivity index (χ0v) is 19.2. The number of hydrogen-bond acceptors (Lipinski definition) is 5. The summed E-state index contributed by atoms with van der Waals surface area (Å²) in [5.74, 6) is -0.206. The summed E-state index contributed by atoms with van der Waals surface area (Å²) in [5.41, 5.74) is 2.97. The molecule has 5 rings (SSSR count). The number of anilines is 1. The van der Waals surface area contributed by atoms with Crippen LogP contribution in [0.4, 0.5) is 14.6 Å². The number of carbonyl (C=O) groups excluding carboxylic acids is 1. The van der Waals surface area contributed by atoms with Crippen molar-refractivity contribution in [2.75, 3.05) is 25.1 Å². The first-order valence-electron chi connectivity index (χ1n) is 11.5. The predicted octanol–water partition coefficient (Wildman–Crippen LogP) is 4.22. The summed E-state index contributed by atoms with van der Waals surface area (Å²) in [6.45, 7) is 1.34. The lowest BCUT2D eigenvalue weighted by Gasteiger charge is -2.33. The molecule has 1 aliphatic heterocycles. The first-order chi connectivity index (χ1) is 17.0. The van der Waals surface area contributed by atoms with Crippen molar-refractivity contribution in [2.45, 2.75) is 19.4 Å². The summed E-state index contributed by atoms with van der Waals surface area (Å²) in [5, 5.41) is 7.52. The maximum atomic E-state index is 13.4. The molecule has 1 fully saturated rings. The summed E-state index contributed by atoms with van der Waals surface area (Å²) >= 11 is 0. The van der Waals surface area contributed by atoms with Gasteiger partial charge >= 0.3 is 0 Å². The van der Waals surface area contributed by atoms with Gasteiger partial charge in [0.05, 0.1) is 18.7 Å². The first kappa shape index (κ1) is 22.8. The third-order valence-corrected chi connectivity index (χ3v) is 6.22. The van der Waals surface area contributed by atoms with Gasteiger partial charge in [0, 0.05) is 43.7 Å². The van der Waals surface area contributed by atoms with E-state index in [1.54, 1.807) is 24.0 Å². The molecule has 0 aliphatic carbocycles. The number of ether oxygens (including phenoxy) is 1. The summed E-state index contributed by atoms with van der Waals surface area (Å²) in [6, 6.07) is 13.0. The van der Waals surface area contributed by atoms with Crippen LogP contribution in [0.15, 0.2) is 60.9 Å². The smallest absolute Gasteiger partial charge is 0.225 e. The van der Waals surface area contributed by atoms with Crippen LogP contribution in [0.5, 0.6) is 5.75 Å². The molecule has 1 amide bonds. The van der Waals surface area contributed by atoms with Crippen LogP contribution >= 0.6 is 0 Å². The molecule has 0 bridgehead atoms. The number of nitrogens with zero attached hydrogens (tertiary/aromatic N) is 4. The van der Waals surface area contributed by atoms with Crippen molar-refractivity contribution in [3.05, 3.63) is 78.1 Å². The van der Waals surface area contributed by atoms with Crippen molar-refractivity contribution < 1.29 is 18.3 Å². The van der Waals surface area contributed by atoms with Gasteiger partial charge in [-0.1, -0.05) is 12.1 Å². The number of carbonyl (C=O) groups is 1. The fourth-order valence-corrected chi connectivity index (χ4v) is 4.51. The van der Waals surface area contributed by atoms with E-state index in [4.69, 9.17) is 9.84 Å². The Morgan fingerprint density at radius 1 is 1.17 bits per heavy atom. The van der Waals surface area contributed by atoms with E-state index < -0.39 is 11.6 Å². The fraction of sp³-hybridized carbons (Fsp3) is 0.269. The number of piperidine rings is 1. The Labute approximate surface area is 201 Å². The van der Waals surface area contributed by atoms with Crippen LogP contribution < -0.4 is 15.0 Å². The number of aromatic nitrogens is 3. The van der Waals surface area contributed by atoms with Crippen molar-refractivity contribution >= 4 is 17.2 Å². The van der Waals surface area contributed by atoms with Crippen LogP contribution in [-0.2, 0) is 11.3 Å². The molecule has 7 nitrogen and oxygen atoms in total. The molecule has 1 N–H and O–H groups in total. The Morgan fingerprint density at radius 2 is 2.00 bits per heavy atom. The number of halogens is 2. The van der Waals surface area contributed by atoms with E-state index in [0.29, 0.717) is 12.1 Å². The van der Waals surface area contributed by atoms with Crippen LogP contribution in [0.25, 0.3) is 16.8 Å². The molecular weight excluding hydrogens is 452 g/mol. The molecule has 0 radical (unpaired) electrons. The van der Waals surface area contributed by atoms with Gasteiger partial charge in [0.25, 0.3) is 0 Å². The standard InChI is InChI=1S/C26H25F2N5O2/c1-35-22-6-2-4-18(12-22)23-14-24-25(29-7-9-33(24)31-23)32-8-3-5-19(16-32)26(34)30-15-17-10-20(27)13-21(28)11-17/h2,4,6-7,9-14,19H,3,5,8,15-16H2,1H3,(H,30,34). The quantitative estimate of drug-likeness (QED) is 0.450. The highest BCUT2D eigenvalue weighted by atomic mass is 19.1. The van der Waals surface area contributed by atoms with Crippen LogP contribution in [0.2, 0.25) is 0 Å². The van der Waals surface area contributed by atoms with Crippen molar-refractivity contribution in [3.8, 4) is 17.0 Å². The Bertz CT molecular complexity index is 1350. The lowest BCUT2D eigenvalue weighted by molar-refractivity contribution is -0.125. The van der Waals surface area contributed by atoms with Crippen LogP contribution in [0.3, 0.4) is 0 Å². The summed E-state index contributed by atoms with van der Waals surface area (Å²) in [7, 11) is 1.63. The predicted molar refractivity (Wildman–Crippen MR) is 128 cm³/mol. The highest BCUT2D eigenvalue weighted by Crippen LogP contribution is 2.29. The van der Waals surface area contributed by atoms with Crippen LogP contribution in [-0.4, -0.2) is 40.7 Å². The molecule has 1 atom stereocenters. The second kappa shape index (κ2) is 9.69. The Kier molecular flexibility index (Phi) is 6.31. The van der Waals surface area contributed by atoms with Crippen molar-refractivity contribution in [1.29, 1.82) is 0 Å². The molecule has 2 aromatic carbocycles. The fourth-order valence-electron chi connectivity index (χ4n) is 4.51. The van der Waals surface area contributed by atoms with E-state index in [-0.39, 0.29) is 18.4 Å². The zero-order chi connectivity index (χ0) is 24.4. The minimum atomic E-state index is -0.661. The highest BCUT2D eigenvalue weighted by Gasteiger charge is 2.28. The number of hydrogen-bond donors (Lipinski definition) is 1. The van der Waals surface area contributed by atoms with Gasteiger partial charge in [-0.25, -0.2) is 18.3 Å². The lowest BCUT2D eigenvalue weighted by atomic mass is 9.97. The van der Waals surface area contributed by atoms with Crippen molar-refractivity contribution in [1.82, 2.24) is 19.9 Å². The largest absolute Gasteiger partial charge is 0.497 e. The normalized spacial score (nSPS) is 15.9. The first-order valence-corrected chi connectivity index (χ1v) is 11.5. The average molecular weight is 478 g/mol. The maximum absolute atomic E-state index is 13.4. The van der Waals surface area contributed by atoms with Crippen molar-refractivity contribution in [3.63, 3.8) is 0 Å². The highest BCUT2D eigenvalue weighted by molar-refractivity contribution is 5.81. The number of amides is 1. The summed E-state index contributed by atoms with van der Waals surface area (Å²) < 4.78 is 34.0. The van der Waals surface area contributed by atoms with E-state index in [2.05, 4.69) is 15.2 Å². The third-order valence-electron chi connectivity index (χ3n) is 6.22.